The van der Waals surface area contributed by atoms with Crippen molar-refractivity contribution in [2.24, 2.45) is 0 Å². The minimum absolute atomic E-state index is 0.0330. The molecule has 0 aliphatic heterocycles. The predicted octanol–water partition coefficient (Wildman–Crippen LogP) is 1.50. The van der Waals surface area contributed by atoms with Crippen LogP contribution in [-0.2, 0) is 11.3 Å². The van der Waals surface area contributed by atoms with Crippen LogP contribution in [0.25, 0.3) is 0 Å². The van der Waals surface area contributed by atoms with Gasteiger partial charge >= 0.3 is 5.97 Å². The molecular formula is C14H15N3O3. The van der Waals surface area contributed by atoms with Crippen LogP contribution in [0.1, 0.15) is 18.5 Å². The number of nitrogens with zero attached hydrogens (tertiary/aromatic N) is 2. The molecule has 1 aromatic heterocycles. The van der Waals surface area contributed by atoms with Crippen LogP contribution in [0.3, 0.4) is 0 Å². The third-order valence-electron chi connectivity index (χ3n) is 2.92. The molecule has 1 heterocycles. The van der Waals surface area contributed by atoms with Crippen LogP contribution in [0.2, 0.25) is 0 Å². The quantitative estimate of drug-likeness (QED) is 0.862. The summed E-state index contributed by atoms with van der Waals surface area (Å²) in [6.45, 7) is 2.33. The predicted molar refractivity (Wildman–Crippen MR) is 74.6 cm³/mol. The molecule has 0 bridgehead atoms. The van der Waals surface area contributed by atoms with Crippen LogP contribution in [0.5, 0.6) is 0 Å². The molecule has 0 amide bonds. The number of nitrogens with one attached hydrogen (secondary N) is 1. The Labute approximate surface area is 115 Å². The summed E-state index contributed by atoms with van der Waals surface area (Å²) in [6, 6.07) is 7.66. The summed E-state index contributed by atoms with van der Waals surface area (Å²) in [6.07, 6.45) is 3.03. The maximum Gasteiger partial charge on any atom is 0.330 e. The first-order valence-electron chi connectivity index (χ1n) is 6.23. The van der Waals surface area contributed by atoms with E-state index in [9.17, 15) is 14.7 Å². The van der Waals surface area contributed by atoms with Gasteiger partial charge in [-0.3, -0.25) is 4.79 Å². The largest absolute Gasteiger partial charge is 0.479 e. The first-order valence-corrected chi connectivity index (χ1v) is 6.23. The number of hydrogen-bond donors (Lipinski definition) is 2. The number of benzene rings is 1. The number of aromatic nitrogens is 2. The smallest absolute Gasteiger partial charge is 0.330 e. The van der Waals surface area contributed by atoms with Crippen molar-refractivity contribution >= 4 is 11.8 Å². The van der Waals surface area contributed by atoms with E-state index in [4.69, 9.17) is 0 Å². The van der Waals surface area contributed by atoms with Gasteiger partial charge in [-0.15, -0.1) is 0 Å². The number of anilines is 1. The molecule has 0 saturated heterocycles. The molecule has 0 saturated carbocycles. The summed E-state index contributed by atoms with van der Waals surface area (Å²) in [4.78, 5) is 27.3. The lowest BCUT2D eigenvalue weighted by atomic mass is 10.1. The van der Waals surface area contributed by atoms with Gasteiger partial charge < -0.3 is 15.0 Å². The number of aliphatic carboxylic acids is 1. The molecular weight excluding hydrogens is 258 g/mol. The van der Waals surface area contributed by atoms with Crippen molar-refractivity contribution in [3.8, 4) is 0 Å². The Morgan fingerprint density at radius 2 is 2.10 bits per heavy atom. The molecule has 6 heteroatoms. The number of hydrogen-bond acceptors (Lipinski definition) is 4. The van der Waals surface area contributed by atoms with Crippen molar-refractivity contribution in [3.63, 3.8) is 0 Å². The van der Waals surface area contributed by atoms with Gasteiger partial charge in [0.25, 0.3) is 5.56 Å². The van der Waals surface area contributed by atoms with Gasteiger partial charge in [-0.25, -0.2) is 9.78 Å². The van der Waals surface area contributed by atoms with E-state index in [2.05, 4.69) is 10.3 Å². The molecule has 104 valence electrons. The summed E-state index contributed by atoms with van der Waals surface area (Å²) in [5.74, 6) is -1.03. The second kappa shape index (κ2) is 6.01. The molecule has 0 radical (unpaired) electrons. The molecule has 1 unspecified atom stereocenters. The Morgan fingerprint density at radius 3 is 2.70 bits per heavy atom. The lowest BCUT2D eigenvalue weighted by Crippen LogP contribution is -2.28. The van der Waals surface area contributed by atoms with Gasteiger partial charge in [-0.05, 0) is 12.5 Å². The summed E-state index contributed by atoms with van der Waals surface area (Å²) in [5, 5.41) is 12.0. The molecule has 2 rings (SSSR count). The fourth-order valence-electron chi connectivity index (χ4n) is 1.87. The fraction of sp³-hybridized carbons (Fsp3) is 0.214. The Bertz CT molecular complexity index is 652. The van der Waals surface area contributed by atoms with Crippen LogP contribution in [0.4, 0.5) is 5.82 Å². The third-order valence-corrected chi connectivity index (χ3v) is 2.92. The monoisotopic (exact) mass is 273 g/mol. The van der Waals surface area contributed by atoms with Crippen molar-refractivity contribution in [3.05, 3.63) is 58.6 Å². The van der Waals surface area contributed by atoms with Crippen molar-refractivity contribution in [1.29, 1.82) is 0 Å². The van der Waals surface area contributed by atoms with Crippen LogP contribution in [-0.4, -0.2) is 20.6 Å². The fourth-order valence-corrected chi connectivity index (χ4v) is 1.87. The van der Waals surface area contributed by atoms with Gasteiger partial charge in [0.2, 0.25) is 0 Å². The van der Waals surface area contributed by atoms with Crippen LogP contribution < -0.4 is 10.9 Å². The van der Waals surface area contributed by atoms with E-state index < -0.39 is 12.0 Å². The van der Waals surface area contributed by atoms with E-state index in [-0.39, 0.29) is 11.4 Å². The number of carbonyl (C=O) groups is 1. The summed E-state index contributed by atoms with van der Waals surface area (Å²) in [5.41, 5.74) is 0.227. The molecule has 0 spiro atoms. The molecule has 0 aliphatic carbocycles. The average molecular weight is 273 g/mol. The highest BCUT2D eigenvalue weighted by Gasteiger charge is 2.21. The zero-order valence-electron chi connectivity index (χ0n) is 11.0. The first kappa shape index (κ1) is 13.8. The number of carboxylic acids is 1. The molecule has 1 atom stereocenters. The Morgan fingerprint density at radius 1 is 1.40 bits per heavy atom. The van der Waals surface area contributed by atoms with Gasteiger partial charge in [0.15, 0.2) is 11.9 Å². The molecule has 2 N–H and O–H groups in total. The summed E-state index contributed by atoms with van der Waals surface area (Å²) >= 11 is 0. The van der Waals surface area contributed by atoms with E-state index in [1.807, 2.05) is 6.92 Å². The van der Waals surface area contributed by atoms with Gasteiger partial charge in [-0.1, -0.05) is 30.3 Å². The number of aryl methyl sites for hydroxylation is 1. The second-order valence-electron chi connectivity index (χ2n) is 4.19. The van der Waals surface area contributed by atoms with Crippen LogP contribution >= 0.6 is 0 Å². The minimum atomic E-state index is -1.07. The third kappa shape index (κ3) is 2.85. The van der Waals surface area contributed by atoms with Gasteiger partial charge in [0, 0.05) is 18.9 Å². The van der Waals surface area contributed by atoms with Gasteiger partial charge in [-0.2, -0.15) is 0 Å². The standard InChI is InChI=1S/C14H15N3O3/c1-2-17-9-8-15-12(13(17)18)16-11(14(19)20)10-6-4-3-5-7-10/h3-9,11H,2H2,1H3,(H,15,16)(H,19,20). The van der Waals surface area contributed by atoms with Crippen molar-refractivity contribution < 1.29 is 9.90 Å². The molecule has 6 nitrogen and oxygen atoms in total. The first-order chi connectivity index (χ1) is 9.63. The number of carboxylic acid groups (broad SMARTS) is 1. The Balaban J connectivity index is 2.35. The topological polar surface area (TPSA) is 84.2 Å². The molecule has 0 fully saturated rings. The number of rotatable bonds is 5. The van der Waals surface area contributed by atoms with E-state index in [1.54, 1.807) is 36.5 Å². The zero-order chi connectivity index (χ0) is 14.5. The van der Waals surface area contributed by atoms with E-state index >= 15 is 0 Å². The highest BCUT2D eigenvalue weighted by Crippen LogP contribution is 2.16. The summed E-state index contributed by atoms with van der Waals surface area (Å²) < 4.78 is 1.46. The average Bonchev–Trinajstić information content (AvgIpc) is 2.46. The van der Waals surface area contributed by atoms with Crippen molar-refractivity contribution in [1.82, 2.24) is 9.55 Å². The Kier molecular flexibility index (Phi) is 4.14. The Hall–Kier alpha value is -2.63. The van der Waals surface area contributed by atoms with Crippen LogP contribution in [0.15, 0.2) is 47.5 Å². The maximum atomic E-state index is 12.0. The lowest BCUT2D eigenvalue weighted by Gasteiger charge is -2.15. The highest BCUT2D eigenvalue weighted by atomic mass is 16.4. The highest BCUT2D eigenvalue weighted by molar-refractivity contribution is 5.78. The van der Waals surface area contributed by atoms with Crippen molar-refractivity contribution in [2.75, 3.05) is 5.32 Å². The zero-order valence-corrected chi connectivity index (χ0v) is 11.0. The normalized spacial score (nSPS) is 11.8. The van der Waals surface area contributed by atoms with E-state index in [0.29, 0.717) is 12.1 Å². The summed E-state index contributed by atoms with van der Waals surface area (Å²) in [7, 11) is 0. The molecule has 20 heavy (non-hydrogen) atoms. The minimum Gasteiger partial charge on any atom is -0.479 e. The lowest BCUT2D eigenvalue weighted by molar-refractivity contribution is -0.138. The molecule has 0 aliphatic rings. The van der Waals surface area contributed by atoms with E-state index in [0.717, 1.165) is 0 Å². The van der Waals surface area contributed by atoms with Crippen molar-refractivity contribution in [2.45, 2.75) is 19.5 Å². The molecule has 1 aromatic carbocycles. The second-order valence-corrected chi connectivity index (χ2v) is 4.19. The van der Waals surface area contributed by atoms with Crippen LogP contribution in [0, 0.1) is 0 Å². The SMILES string of the molecule is CCn1ccnc(NC(C(=O)O)c2ccccc2)c1=O. The molecule has 2 aromatic rings. The van der Waals surface area contributed by atoms with Gasteiger partial charge in [0.05, 0.1) is 0 Å². The van der Waals surface area contributed by atoms with E-state index in [1.165, 1.54) is 10.8 Å². The maximum absolute atomic E-state index is 12.0. The van der Waals surface area contributed by atoms with Gasteiger partial charge in [0.1, 0.15) is 0 Å².